The summed E-state index contributed by atoms with van der Waals surface area (Å²) >= 11 is 0. The zero-order valence-electron chi connectivity index (χ0n) is 21.3. The van der Waals surface area contributed by atoms with Gasteiger partial charge in [-0.25, -0.2) is 9.48 Å². The van der Waals surface area contributed by atoms with Gasteiger partial charge < -0.3 is 23.6 Å². The van der Waals surface area contributed by atoms with E-state index in [4.69, 9.17) is 13.9 Å². The number of hydrogen-bond donors (Lipinski definition) is 1. The Morgan fingerprint density at radius 1 is 1.10 bits per heavy atom. The first kappa shape index (κ1) is 25.5. The van der Waals surface area contributed by atoms with E-state index < -0.39 is 11.1 Å². The molecule has 1 N–H and O–H groups in total. The van der Waals surface area contributed by atoms with E-state index in [1.807, 2.05) is 24.3 Å². The van der Waals surface area contributed by atoms with E-state index in [-0.39, 0.29) is 12.4 Å². The second-order valence-corrected chi connectivity index (χ2v) is 8.67. The molecule has 2 aromatic carbocycles. The van der Waals surface area contributed by atoms with Crippen LogP contribution in [0.5, 0.6) is 17.2 Å². The minimum Gasteiger partial charge on any atom is -0.503 e. The zero-order chi connectivity index (χ0) is 27.4. The smallest absolute Gasteiger partial charge is 0.336 e. The molecule has 0 aliphatic heterocycles. The minimum atomic E-state index is -0.511. The number of aromatic nitrogens is 4. The van der Waals surface area contributed by atoms with E-state index in [1.165, 1.54) is 12.1 Å². The average Bonchev–Trinajstić information content (AvgIpc) is 3.43. The van der Waals surface area contributed by atoms with Gasteiger partial charge in [0.2, 0.25) is 5.43 Å². The van der Waals surface area contributed by atoms with Gasteiger partial charge in [0.25, 0.3) is 0 Å². The van der Waals surface area contributed by atoms with E-state index in [9.17, 15) is 14.7 Å². The molecule has 0 fully saturated rings. The van der Waals surface area contributed by atoms with Crippen LogP contribution in [0, 0.1) is 6.92 Å². The Labute approximate surface area is 222 Å². The van der Waals surface area contributed by atoms with E-state index in [1.54, 1.807) is 60.1 Å². The standard InChI is InChI=1S/C28H25N5O6/c1-18-28(36)25(34)8-10-32(18)11-9-29-15-19-12-27(35)39-26-14-23(6-7-24(19)26)38-17-20-16-33(31-30-20)21-4-3-5-22(13-21)37-2/h3-8,10,12-16,36H,9,11,17H2,1-2H3. The van der Waals surface area contributed by atoms with Gasteiger partial charge >= 0.3 is 5.63 Å². The Kier molecular flexibility index (Phi) is 7.21. The van der Waals surface area contributed by atoms with Crippen LogP contribution in [0.1, 0.15) is 17.0 Å². The summed E-state index contributed by atoms with van der Waals surface area (Å²) in [4.78, 5) is 28.1. The van der Waals surface area contributed by atoms with Crippen LogP contribution in [0.2, 0.25) is 0 Å². The number of aromatic hydroxyl groups is 1. The van der Waals surface area contributed by atoms with Crippen LogP contribution < -0.4 is 20.5 Å². The van der Waals surface area contributed by atoms with Gasteiger partial charge in [-0.05, 0) is 31.2 Å². The van der Waals surface area contributed by atoms with E-state index >= 15 is 0 Å². The lowest BCUT2D eigenvalue weighted by molar-refractivity contribution is 0.301. The summed E-state index contributed by atoms with van der Waals surface area (Å²) in [5, 5.41) is 18.8. The molecule has 0 unspecified atom stereocenters. The van der Waals surface area contributed by atoms with Crippen molar-refractivity contribution in [2.75, 3.05) is 13.7 Å². The van der Waals surface area contributed by atoms with E-state index in [0.29, 0.717) is 52.5 Å². The molecule has 0 saturated carbocycles. The largest absolute Gasteiger partial charge is 0.503 e. The fourth-order valence-electron chi connectivity index (χ4n) is 4.00. The molecule has 198 valence electrons. The molecule has 11 nitrogen and oxygen atoms in total. The van der Waals surface area contributed by atoms with Crippen LogP contribution in [-0.4, -0.2) is 44.5 Å². The van der Waals surface area contributed by atoms with Crippen molar-refractivity contribution in [2.24, 2.45) is 4.99 Å². The Morgan fingerprint density at radius 3 is 2.82 bits per heavy atom. The fraction of sp³-hybridized carbons (Fsp3) is 0.179. The van der Waals surface area contributed by atoms with Crippen molar-refractivity contribution >= 4 is 17.2 Å². The third-order valence-electron chi connectivity index (χ3n) is 6.11. The summed E-state index contributed by atoms with van der Waals surface area (Å²) in [5.41, 5.74) is 1.93. The fourth-order valence-corrected chi connectivity index (χ4v) is 4.00. The third kappa shape index (κ3) is 5.72. The number of hydrogen-bond acceptors (Lipinski definition) is 9. The topological polar surface area (TPSA) is 134 Å². The van der Waals surface area contributed by atoms with Crippen LogP contribution in [-0.2, 0) is 13.2 Å². The SMILES string of the molecule is COc1cccc(-n2cc(COc3ccc4c(C=NCCn5ccc(=O)c(O)c5C)cc(=O)oc4c3)nn2)c1. The van der Waals surface area contributed by atoms with Crippen molar-refractivity contribution < 1.29 is 19.0 Å². The highest BCUT2D eigenvalue weighted by Crippen LogP contribution is 2.23. The predicted octanol–water partition coefficient (Wildman–Crippen LogP) is 3.26. The first-order valence-electron chi connectivity index (χ1n) is 12.1. The second kappa shape index (κ2) is 11.1. The summed E-state index contributed by atoms with van der Waals surface area (Å²) in [6.45, 7) is 2.66. The number of ether oxygens (including phenoxy) is 2. The van der Waals surface area contributed by atoms with Crippen molar-refractivity contribution in [1.82, 2.24) is 19.6 Å². The molecule has 0 bridgehead atoms. The molecular formula is C28H25N5O6. The number of aliphatic imine (C=N–C) groups is 1. The Balaban J connectivity index is 1.27. The van der Waals surface area contributed by atoms with Crippen LogP contribution >= 0.6 is 0 Å². The lowest BCUT2D eigenvalue weighted by Crippen LogP contribution is -2.11. The highest BCUT2D eigenvalue weighted by Gasteiger charge is 2.09. The van der Waals surface area contributed by atoms with Gasteiger partial charge in [-0.1, -0.05) is 11.3 Å². The zero-order valence-corrected chi connectivity index (χ0v) is 21.3. The maximum absolute atomic E-state index is 12.2. The number of nitrogens with zero attached hydrogens (tertiary/aromatic N) is 5. The monoisotopic (exact) mass is 527 g/mol. The molecule has 11 heteroatoms. The molecule has 0 amide bonds. The Bertz CT molecular complexity index is 1790. The molecule has 3 aromatic heterocycles. The molecule has 5 rings (SSSR count). The quantitative estimate of drug-likeness (QED) is 0.228. The van der Waals surface area contributed by atoms with Gasteiger partial charge in [-0.2, -0.15) is 0 Å². The molecule has 39 heavy (non-hydrogen) atoms. The lowest BCUT2D eigenvalue weighted by atomic mass is 10.1. The van der Waals surface area contributed by atoms with E-state index in [2.05, 4.69) is 15.3 Å². The highest BCUT2D eigenvalue weighted by atomic mass is 16.5. The summed E-state index contributed by atoms with van der Waals surface area (Å²) in [5.74, 6) is 0.948. The van der Waals surface area contributed by atoms with Gasteiger partial charge in [0.15, 0.2) is 5.75 Å². The molecule has 0 saturated heterocycles. The molecule has 0 spiro atoms. The van der Waals surface area contributed by atoms with Crippen LogP contribution in [0.4, 0.5) is 0 Å². The van der Waals surface area contributed by atoms with Crippen molar-refractivity contribution in [1.29, 1.82) is 0 Å². The first-order chi connectivity index (χ1) is 18.9. The van der Waals surface area contributed by atoms with Gasteiger partial charge in [0.1, 0.15) is 29.4 Å². The summed E-state index contributed by atoms with van der Waals surface area (Å²) in [6, 6.07) is 15.4. The molecule has 0 atom stereocenters. The number of pyridine rings is 1. The number of methoxy groups -OCH3 is 1. The van der Waals surface area contributed by atoms with Gasteiger partial charge in [0, 0.05) is 54.2 Å². The van der Waals surface area contributed by atoms with Crippen molar-refractivity contribution in [2.45, 2.75) is 20.1 Å². The van der Waals surface area contributed by atoms with Crippen molar-refractivity contribution in [3.05, 3.63) is 105 Å². The average molecular weight is 528 g/mol. The minimum absolute atomic E-state index is 0.167. The highest BCUT2D eigenvalue weighted by molar-refractivity contribution is 5.97. The Hall–Kier alpha value is -5.19. The van der Waals surface area contributed by atoms with Crippen LogP contribution in [0.3, 0.4) is 0 Å². The van der Waals surface area contributed by atoms with Crippen molar-refractivity contribution in [3.63, 3.8) is 0 Å². The maximum atomic E-state index is 12.2. The maximum Gasteiger partial charge on any atom is 0.336 e. The number of benzene rings is 2. The predicted molar refractivity (Wildman–Crippen MR) is 144 cm³/mol. The second-order valence-electron chi connectivity index (χ2n) is 8.67. The summed E-state index contributed by atoms with van der Waals surface area (Å²) in [6.07, 6.45) is 4.98. The third-order valence-corrected chi connectivity index (χ3v) is 6.11. The normalized spacial score (nSPS) is 11.3. The van der Waals surface area contributed by atoms with Gasteiger partial charge in [0.05, 0.1) is 31.2 Å². The Morgan fingerprint density at radius 2 is 1.97 bits per heavy atom. The van der Waals surface area contributed by atoms with Crippen LogP contribution in [0.25, 0.3) is 16.7 Å². The molecule has 0 aliphatic rings. The molecule has 5 aromatic rings. The number of fused-ring (bicyclic) bond motifs is 1. The lowest BCUT2D eigenvalue weighted by Gasteiger charge is -2.09. The summed E-state index contributed by atoms with van der Waals surface area (Å²) in [7, 11) is 1.60. The van der Waals surface area contributed by atoms with Gasteiger partial charge in [-0.3, -0.25) is 9.79 Å². The molecule has 3 heterocycles. The molecule has 0 radical (unpaired) electrons. The molecule has 0 aliphatic carbocycles. The summed E-state index contributed by atoms with van der Waals surface area (Å²) < 4.78 is 19.9. The first-order valence-corrected chi connectivity index (χ1v) is 12.1. The van der Waals surface area contributed by atoms with Crippen molar-refractivity contribution in [3.8, 4) is 22.9 Å². The van der Waals surface area contributed by atoms with E-state index in [0.717, 1.165) is 5.69 Å². The number of rotatable bonds is 9. The van der Waals surface area contributed by atoms with Gasteiger partial charge in [-0.15, -0.1) is 5.10 Å². The molecular weight excluding hydrogens is 502 g/mol. The van der Waals surface area contributed by atoms with Crippen LogP contribution in [0.15, 0.2) is 86.0 Å².